The molecule has 0 aliphatic carbocycles. The second-order valence-electron chi connectivity index (χ2n) is 4.38. The zero-order valence-electron chi connectivity index (χ0n) is 10.5. The van der Waals surface area contributed by atoms with Crippen LogP contribution in [-0.4, -0.2) is 4.98 Å². The molecule has 1 heterocycles. The fraction of sp³-hybridized carbons (Fsp3) is 0.133. The molecule has 4 heteroatoms. The number of hydrogen-bond donors (Lipinski definition) is 1. The number of halogens is 1. The van der Waals surface area contributed by atoms with Crippen molar-refractivity contribution >= 4 is 28.4 Å². The van der Waals surface area contributed by atoms with Crippen molar-refractivity contribution < 1.29 is 4.42 Å². The highest BCUT2D eigenvalue weighted by Gasteiger charge is 2.14. The van der Waals surface area contributed by atoms with Gasteiger partial charge in [0.1, 0.15) is 5.52 Å². The zero-order valence-corrected chi connectivity index (χ0v) is 11.2. The summed E-state index contributed by atoms with van der Waals surface area (Å²) in [6.45, 7) is 2.11. The second kappa shape index (κ2) is 4.59. The van der Waals surface area contributed by atoms with Crippen LogP contribution in [0.2, 0.25) is 5.02 Å². The number of nitrogen functional groups attached to an aromatic ring is 1. The molecule has 0 amide bonds. The Morgan fingerprint density at radius 3 is 2.84 bits per heavy atom. The van der Waals surface area contributed by atoms with Crippen molar-refractivity contribution in [1.29, 1.82) is 0 Å². The van der Waals surface area contributed by atoms with E-state index in [1.54, 1.807) is 18.2 Å². The maximum Gasteiger partial charge on any atom is 0.230 e. The van der Waals surface area contributed by atoms with Gasteiger partial charge >= 0.3 is 0 Å². The lowest BCUT2D eigenvalue weighted by molar-refractivity contribution is 0.620. The smallest absolute Gasteiger partial charge is 0.230 e. The average Bonchev–Trinajstić information content (AvgIpc) is 2.80. The van der Waals surface area contributed by atoms with Crippen LogP contribution in [0.1, 0.15) is 12.5 Å². The Morgan fingerprint density at radius 2 is 2.11 bits per heavy atom. The third-order valence-corrected chi connectivity index (χ3v) is 3.43. The number of fused-ring (bicyclic) bond motifs is 1. The van der Waals surface area contributed by atoms with Gasteiger partial charge in [-0.1, -0.05) is 30.7 Å². The van der Waals surface area contributed by atoms with E-state index in [1.807, 2.05) is 18.2 Å². The van der Waals surface area contributed by atoms with Gasteiger partial charge in [0.2, 0.25) is 5.89 Å². The van der Waals surface area contributed by atoms with Crippen LogP contribution in [0.25, 0.3) is 22.6 Å². The molecule has 1 aromatic heterocycles. The third kappa shape index (κ3) is 2.06. The molecule has 0 fully saturated rings. The van der Waals surface area contributed by atoms with Crippen molar-refractivity contribution in [3.05, 3.63) is 47.0 Å². The van der Waals surface area contributed by atoms with Gasteiger partial charge < -0.3 is 10.2 Å². The standard InChI is InChI=1S/C15H13ClN2O/c1-2-9-6-7-13-12(8-9)18-15(19-13)14-10(16)4-3-5-11(14)17/h3-8H,2,17H2,1H3. The van der Waals surface area contributed by atoms with Crippen LogP contribution in [0.15, 0.2) is 40.8 Å². The van der Waals surface area contributed by atoms with E-state index in [-0.39, 0.29) is 0 Å². The first-order chi connectivity index (χ1) is 9.19. The molecular formula is C15H13ClN2O. The maximum atomic E-state index is 6.17. The number of nitrogens with two attached hydrogens (primary N) is 1. The van der Waals surface area contributed by atoms with Gasteiger partial charge in [-0.25, -0.2) is 4.98 Å². The van der Waals surface area contributed by atoms with Crippen molar-refractivity contribution in [2.24, 2.45) is 0 Å². The molecule has 0 atom stereocenters. The molecule has 3 nitrogen and oxygen atoms in total. The van der Waals surface area contributed by atoms with Gasteiger partial charge in [0.05, 0.1) is 10.6 Å². The second-order valence-corrected chi connectivity index (χ2v) is 4.79. The lowest BCUT2D eigenvalue weighted by atomic mass is 10.1. The van der Waals surface area contributed by atoms with Crippen LogP contribution < -0.4 is 5.73 Å². The Labute approximate surface area is 116 Å². The molecule has 0 radical (unpaired) electrons. The van der Waals surface area contributed by atoms with Crippen molar-refractivity contribution in [3.8, 4) is 11.5 Å². The van der Waals surface area contributed by atoms with Crippen LogP contribution in [0.5, 0.6) is 0 Å². The summed E-state index contributed by atoms with van der Waals surface area (Å²) in [7, 11) is 0. The summed E-state index contributed by atoms with van der Waals surface area (Å²) in [6.07, 6.45) is 0.965. The van der Waals surface area contributed by atoms with Crippen LogP contribution in [0.4, 0.5) is 5.69 Å². The summed E-state index contributed by atoms with van der Waals surface area (Å²) in [5.41, 5.74) is 9.95. The highest BCUT2D eigenvalue weighted by Crippen LogP contribution is 2.34. The summed E-state index contributed by atoms with van der Waals surface area (Å²) >= 11 is 6.17. The summed E-state index contributed by atoms with van der Waals surface area (Å²) < 4.78 is 5.74. The molecule has 0 spiro atoms. The van der Waals surface area contributed by atoms with E-state index in [1.165, 1.54) is 5.56 Å². The first-order valence-electron chi connectivity index (χ1n) is 6.13. The van der Waals surface area contributed by atoms with Gasteiger partial charge in [-0.3, -0.25) is 0 Å². The monoisotopic (exact) mass is 272 g/mol. The molecule has 0 unspecified atom stereocenters. The molecular weight excluding hydrogens is 260 g/mol. The number of benzene rings is 2. The predicted molar refractivity (Wildman–Crippen MR) is 78.2 cm³/mol. The third-order valence-electron chi connectivity index (χ3n) is 3.12. The first-order valence-corrected chi connectivity index (χ1v) is 6.50. The maximum absolute atomic E-state index is 6.17. The SMILES string of the molecule is CCc1ccc2oc(-c3c(N)cccc3Cl)nc2c1. The van der Waals surface area contributed by atoms with E-state index in [4.69, 9.17) is 21.8 Å². The lowest BCUT2D eigenvalue weighted by Gasteiger charge is -2.02. The molecule has 2 aromatic carbocycles. The number of aromatic nitrogens is 1. The van der Waals surface area contributed by atoms with E-state index in [2.05, 4.69) is 11.9 Å². The predicted octanol–water partition coefficient (Wildman–Crippen LogP) is 4.29. The van der Waals surface area contributed by atoms with Crippen LogP contribution in [0, 0.1) is 0 Å². The molecule has 0 aliphatic heterocycles. The fourth-order valence-electron chi connectivity index (χ4n) is 2.07. The van der Waals surface area contributed by atoms with E-state index >= 15 is 0 Å². The van der Waals surface area contributed by atoms with Crippen molar-refractivity contribution in [2.45, 2.75) is 13.3 Å². The van der Waals surface area contributed by atoms with Crippen molar-refractivity contribution in [1.82, 2.24) is 4.98 Å². The van der Waals surface area contributed by atoms with Crippen molar-refractivity contribution in [2.75, 3.05) is 5.73 Å². The zero-order chi connectivity index (χ0) is 13.4. The van der Waals surface area contributed by atoms with Gasteiger partial charge in [0.15, 0.2) is 5.58 Å². The number of nitrogens with zero attached hydrogens (tertiary/aromatic N) is 1. The summed E-state index contributed by atoms with van der Waals surface area (Å²) in [5, 5.41) is 0.544. The number of oxazole rings is 1. The van der Waals surface area contributed by atoms with E-state index in [9.17, 15) is 0 Å². The molecule has 0 saturated carbocycles. The molecule has 19 heavy (non-hydrogen) atoms. The Morgan fingerprint density at radius 1 is 1.26 bits per heavy atom. The molecule has 0 bridgehead atoms. The van der Waals surface area contributed by atoms with Gasteiger partial charge in [-0.05, 0) is 36.2 Å². The quantitative estimate of drug-likeness (QED) is 0.708. The van der Waals surface area contributed by atoms with Crippen molar-refractivity contribution in [3.63, 3.8) is 0 Å². The molecule has 96 valence electrons. The Bertz CT molecular complexity index is 729. The minimum atomic E-state index is 0.464. The summed E-state index contributed by atoms with van der Waals surface area (Å²) in [4.78, 5) is 4.48. The highest BCUT2D eigenvalue weighted by molar-refractivity contribution is 6.33. The number of hydrogen-bond acceptors (Lipinski definition) is 3. The molecule has 2 N–H and O–H groups in total. The van der Waals surface area contributed by atoms with Crippen LogP contribution in [0.3, 0.4) is 0 Å². The van der Waals surface area contributed by atoms with E-state index < -0.39 is 0 Å². The minimum Gasteiger partial charge on any atom is -0.436 e. The number of aryl methyl sites for hydroxylation is 1. The average molecular weight is 273 g/mol. The Kier molecular flexibility index (Phi) is 2.91. The number of rotatable bonds is 2. The van der Waals surface area contributed by atoms with Gasteiger partial charge in [0, 0.05) is 5.69 Å². The summed E-state index contributed by atoms with van der Waals surface area (Å²) in [5.74, 6) is 0.464. The van der Waals surface area contributed by atoms with Gasteiger partial charge in [-0.2, -0.15) is 0 Å². The van der Waals surface area contributed by atoms with Gasteiger partial charge in [0.25, 0.3) is 0 Å². The molecule has 0 saturated heterocycles. The summed E-state index contributed by atoms with van der Waals surface area (Å²) in [6, 6.07) is 11.4. The first kappa shape index (κ1) is 12.1. The minimum absolute atomic E-state index is 0.464. The topological polar surface area (TPSA) is 52.0 Å². The normalized spacial score (nSPS) is 11.1. The molecule has 3 aromatic rings. The number of anilines is 1. The van der Waals surface area contributed by atoms with Crippen LogP contribution in [-0.2, 0) is 6.42 Å². The Hall–Kier alpha value is -2.00. The van der Waals surface area contributed by atoms with Gasteiger partial charge in [-0.15, -0.1) is 0 Å². The lowest BCUT2D eigenvalue weighted by Crippen LogP contribution is -1.90. The molecule has 3 rings (SSSR count). The van der Waals surface area contributed by atoms with E-state index in [0.29, 0.717) is 22.2 Å². The highest BCUT2D eigenvalue weighted by atomic mass is 35.5. The van der Waals surface area contributed by atoms with Crippen LogP contribution >= 0.6 is 11.6 Å². The fourth-order valence-corrected chi connectivity index (χ4v) is 2.33. The molecule has 0 aliphatic rings. The Balaban J connectivity index is 2.21. The van der Waals surface area contributed by atoms with E-state index in [0.717, 1.165) is 17.5 Å². The largest absolute Gasteiger partial charge is 0.436 e.